The van der Waals surface area contributed by atoms with Gasteiger partial charge in [0.2, 0.25) is 0 Å². The van der Waals surface area contributed by atoms with E-state index in [1.54, 1.807) is 43.5 Å². The molecule has 0 saturated carbocycles. The van der Waals surface area contributed by atoms with Gasteiger partial charge in [-0.15, -0.1) is 0 Å². The molecule has 0 fully saturated rings. The van der Waals surface area contributed by atoms with Gasteiger partial charge >= 0.3 is 11.9 Å². The molecule has 0 N–H and O–H groups in total. The van der Waals surface area contributed by atoms with Gasteiger partial charge in [-0.3, -0.25) is 9.36 Å². The lowest BCUT2D eigenvalue weighted by Gasteiger charge is -2.24. The van der Waals surface area contributed by atoms with E-state index in [2.05, 4.69) is 36.9 Å². The van der Waals surface area contributed by atoms with Crippen molar-refractivity contribution in [2.24, 2.45) is 4.99 Å². The standard InChI is InChI=1S/C28H26Br2N2O6S/c1-5-36-22(33)14-38-25-19(29)11-17(12-20(25)30)13-21-26(34)32-24(18-9-7-15(3)8-10-18)23(27(35)37-6-2)16(4)31-28(32)39-21/h7-13,24H,5-6,14H2,1-4H3/b21-13+/t24-/m0/s1. The first-order valence-electron chi connectivity index (χ1n) is 12.2. The van der Waals surface area contributed by atoms with Crippen LogP contribution in [0.25, 0.3) is 6.08 Å². The van der Waals surface area contributed by atoms with Gasteiger partial charge in [-0.05, 0) is 88.9 Å². The summed E-state index contributed by atoms with van der Waals surface area (Å²) in [7, 11) is 0. The maximum Gasteiger partial charge on any atom is 0.344 e. The molecule has 4 rings (SSSR count). The molecule has 1 aliphatic heterocycles. The highest BCUT2D eigenvalue weighted by Crippen LogP contribution is 2.35. The minimum absolute atomic E-state index is 0.212. The van der Waals surface area contributed by atoms with Crippen molar-refractivity contribution in [1.29, 1.82) is 0 Å². The van der Waals surface area contributed by atoms with E-state index in [0.717, 1.165) is 16.7 Å². The summed E-state index contributed by atoms with van der Waals surface area (Å²) in [5.74, 6) is -0.525. The topological polar surface area (TPSA) is 96.2 Å². The number of allylic oxidation sites excluding steroid dienone is 1. The molecule has 0 spiro atoms. The van der Waals surface area contributed by atoms with Crippen LogP contribution in [-0.2, 0) is 19.1 Å². The number of aryl methyl sites for hydroxylation is 1. The third kappa shape index (κ3) is 6.26. The Hall–Kier alpha value is -3.02. The number of nitrogens with zero attached hydrogens (tertiary/aromatic N) is 2. The van der Waals surface area contributed by atoms with Gasteiger partial charge < -0.3 is 14.2 Å². The molecule has 0 unspecified atom stereocenters. The second-order valence-corrected chi connectivity index (χ2v) is 11.3. The molecule has 204 valence electrons. The van der Waals surface area contributed by atoms with Crippen molar-refractivity contribution in [3.63, 3.8) is 0 Å². The zero-order chi connectivity index (χ0) is 28.3. The summed E-state index contributed by atoms with van der Waals surface area (Å²) in [4.78, 5) is 43.6. The van der Waals surface area contributed by atoms with E-state index >= 15 is 0 Å². The van der Waals surface area contributed by atoms with Crippen molar-refractivity contribution in [2.75, 3.05) is 19.8 Å². The van der Waals surface area contributed by atoms with Gasteiger partial charge in [0.05, 0.1) is 44.0 Å². The van der Waals surface area contributed by atoms with Crippen molar-refractivity contribution >= 4 is 61.2 Å². The highest BCUT2D eigenvalue weighted by atomic mass is 79.9. The number of benzene rings is 2. The quantitative estimate of drug-likeness (QED) is 0.324. The van der Waals surface area contributed by atoms with Crippen molar-refractivity contribution in [3.8, 4) is 5.75 Å². The number of thiazole rings is 1. The summed E-state index contributed by atoms with van der Waals surface area (Å²) in [5, 5.41) is 0. The van der Waals surface area contributed by atoms with Crippen LogP contribution >= 0.6 is 43.2 Å². The van der Waals surface area contributed by atoms with E-state index < -0.39 is 18.0 Å². The largest absolute Gasteiger partial charge is 0.480 e. The van der Waals surface area contributed by atoms with Crippen LogP contribution in [0.3, 0.4) is 0 Å². The first kappa shape index (κ1) is 29.0. The Morgan fingerprint density at radius 1 is 1.05 bits per heavy atom. The summed E-state index contributed by atoms with van der Waals surface area (Å²) in [5.41, 5.74) is 3.16. The highest BCUT2D eigenvalue weighted by Gasteiger charge is 2.33. The number of hydrogen-bond acceptors (Lipinski definition) is 8. The Labute approximate surface area is 245 Å². The van der Waals surface area contributed by atoms with Crippen LogP contribution < -0.4 is 19.6 Å². The van der Waals surface area contributed by atoms with Gasteiger partial charge in [0.25, 0.3) is 5.56 Å². The third-order valence-corrected chi connectivity index (χ3v) is 8.03. The lowest BCUT2D eigenvalue weighted by molar-refractivity contribution is -0.145. The predicted molar refractivity (Wildman–Crippen MR) is 156 cm³/mol. The number of rotatable bonds is 8. The van der Waals surface area contributed by atoms with Crippen LogP contribution in [0.15, 0.2) is 66.4 Å². The summed E-state index contributed by atoms with van der Waals surface area (Å²) in [6.07, 6.45) is 1.75. The monoisotopic (exact) mass is 676 g/mol. The van der Waals surface area contributed by atoms with Crippen molar-refractivity contribution < 1.29 is 23.8 Å². The summed E-state index contributed by atoms with van der Waals surface area (Å²) in [6.45, 7) is 7.46. The summed E-state index contributed by atoms with van der Waals surface area (Å²) >= 11 is 8.21. The van der Waals surface area contributed by atoms with Crippen LogP contribution in [-0.4, -0.2) is 36.3 Å². The number of carbonyl (C=O) groups excluding carboxylic acids is 2. The van der Waals surface area contributed by atoms with Gasteiger partial charge in [-0.25, -0.2) is 14.6 Å². The van der Waals surface area contributed by atoms with Gasteiger partial charge in [0.15, 0.2) is 11.4 Å². The normalized spacial score (nSPS) is 15.0. The number of aromatic nitrogens is 1. The number of fused-ring (bicyclic) bond motifs is 1. The fourth-order valence-electron chi connectivity index (χ4n) is 4.14. The van der Waals surface area contributed by atoms with Crippen LogP contribution in [0, 0.1) is 6.92 Å². The first-order valence-corrected chi connectivity index (χ1v) is 14.6. The highest BCUT2D eigenvalue weighted by molar-refractivity contribution is 9.11. The fraction of sp³-hybridized carbons (Fsp3) is 0.286. The van der Waals surface area contributed by atoms with Crippen LogP contribution in [0.4, 0.5) is 0 Å². The predicted octanol–water partition coefficient (Wildman–Crippen LogP) is 4.57. The lowest BCUT2D eigenvalue weighted by Crippen LogP contribution is -2.39. The molecule has 8 nitrogen and oxygen atoms in total. The Kier molecular flexibility index (Phi) is 9.24. The zero-order valence-corrected chi connectivity index (χ0v) is 25.7. The summed E-state index contributed by atoms with van der Waals surface area (Å²) in [6, 6.07) is 10.6. The Morgan fingerprint density at radius 3 is 2.31 bits per heavy atom. The number of hydrogen-bond donors (Lipinski definition) is 0. The zero-order valence-electron chi connectivity index (χ0n) is 21.7. The van der Waals surface area contributed by atoms with E-state index in [1.165, 1.54) is 11.3 Å². The molecule has 0 amide bonds. The van der Waals surface area contributed by atoms with Crippen LogP contribution in [0.2, 0.25) is 0 Å². The molecule has 0 aliphatic carbocycles. The van der Waals surface area contributed by atoms with E-state index in [0.29, 0.717) is 35.3 Å². The van der Waals surface area contributed by atoms with Crippen molar-refractivity contribution in [3.05, 3.63) is 93.0 Å². The maximum atomic E-state index is 13.8. The number of halogens is 2. The van der Waals surface area contributed by atoms with Gasteiger partial charge in [-0.1, -0.05) is 41.2 Å². The number of carbonyl (C=O) groups is 2. The number of esters is 2. The molecular formula is C28H26Br2N2O6S. The van der Waals surface area contributed by atoms with Crippen molar-refractivity contribution in [1.82, 2.24) is 4.57 Å². The molecule has 39 heavy (non-hydrogen) atoms. The molecule has 1 atom stereocenters. The SMILES string of the molecule is CCOC(=O)COc1c(Br)cc(/C=c2/sc3n(c2=O)[C@@H](c2ccc(C)cc2)C(C(=O)OCC)=C(C)N=3)cc1Br. The molecule has 2 heterocycles. The van der Waals surface area contributed by atoms with Gasteiger partial charge in [-0.2, -0.15) is 0 Å². The van der Waals surface area contributed by atoms with Crippen LogP contribution in [0.1, 0.15) is 43.5 Å². The average molecular weight is 678 g/mol. The second-order valence-electron chi connectivity index (χ2n) is 8.62. The summed E-state index contributed by atoms with van der Waals surface area (Å²) < 4.78 is 19.1. The Balaban J connectivity index is 1.80. The Morgan fingerprint density at radius 2 is 1.69 bits per heavy atom. The smallest absolute Gasteiger partial charge is 0.344 e. The van der Waals surface area contributed by atoms with Crippen molar-refractivity contribution in [2.45, 2.75) is 33.7 Å². The Bertz CT molecular complexity index is 1620. The van der Waals surface area contributed by atoms with Crippen LogP contribution in [0.5, 0.6) is 5.75 Å². The third-order valence-electron chi connectivity index (χ3n) is 5.87. The molecule has 11 heteroatoms. The first-order chi connectivity index (χ1) is 18.6. The molecule has 1 aromatic heterocycles. The molecule has 3 aromatic rings. The van der Waals surface area contributed by atoms with Gasteiger partial charge in [0.1, 0.15) is 5.75 Å². The molecule has 0 radical (unpaired) electrons. The molecular weight excluding hydrogens is 652 g/mol. The van der Waals surface area contributed by atoms with Gasteiger partial charge in [0, 0.05) is 0 Å². The van der Waals surface area contributed by atoms with E-state index in [-0.39, 0.29) is 25.4 Å². The van der Waals surface area contributed by atoms with E-state index in [1.807, 2.05) is 31.2 Å². The van der Waals surface area contributed by atoms with E-state index in [4.69, 9.17) is 14.2 Å². The minimum Gasteiger partial charge on any atom is -0.480 e. The number of ether oxygens (including phenoxy) is 3. The average Bonchev–Trinajstić information content (AvgIpc) is 3.17. The minimum atomic E-state index is -0.667. The fourth-order valence-corrected chi connectivity index (χ4v) is 6.64. The molecule has 0 saturated heterocycles. The lowest BCUT2D eigenvalue weighted by atomic mass is 9.95. The van der Waals surface area contributed by atoms with E-state index in [9.17, 15) is 14.4 Å². The molecule has 1 aliphatic rings. The molecule has 2 aromatic carbocycles. The molecule has 0 bridgehead atoms. The second kappa shape index (κ2) is 12.4. The maximum absolute atomic E-state index is 13.8.